The minimum atomic E-state index is 0.0321. The number of benzene rings is 1. The third kappa shape index (κ3) is 2.40. The molecule has 0 amide bonds. The van der Waals surface area contributed by atoms with Crippen LogP contribution < -0.4 is 5.32 Å². The lowest BCUT2D eigenvalue weighted by molar-refractivity contribution is 0.0900. The second kappa shape index (κ2) is 5.17. The van der Waals surface area contributed by atoms with Gasteiger partial charge in [0.2, 0.25) is 0 Å². The van der Waals surface area contributed by atoms with E-state index >= 15 is 0 Å². The highest BCUT2D eigenvalue weighted by atomic mass is 35.5. The van der Waals surface area contributed by atoms with E-state index < -0.39 is 0 Å². The monoisotopic (exact) mass is 257 g/mol. The fourth-order valence-electron chi connectivity index (χ4n) is 1.99. The molecule has 0 aromatic heterocycles. The van der Waals surface area contributed by atoms with Crippen LogP contribution in [-0.2, 0) is 0 Å². The zero-order valence-corrected chi connectivity index (χ0v) is 10.3. The molecule has 0 bridgehead atoms. The van der Waals surface area contributed by atoms with Gasteiger partial charge in [-0.3, -0.25) is 4.79 Å². The van der Waals surface area contributed by atoms with Crippen LogP contribution in [0.5, 0.6) is 0 Å². The van der Waals surface area contributed by atoms with Crippen LogP contribution in [0, 0.1) is 5.92 Å². The van der Waals surface area contributed by atoms with Crippen molar-refractivity contribution < 1.29 is 4.79 Å². The first kappa shape index (κ1) is 11.9. The molecule has 0 spiro atoms. The Morgan fingerprint density at radius 2 is 2.19 bits per heavy atom. The van der Waals surface area contributed by atoms with E-state index in [1.165, 1.54) is 0 Å². The maximum atomic E-state index is 12.2. The van der Waals surface area contributed by atoms with E-state index in [-0.39, 0.29) is 11.7 Å². The quantitative estimate of drug-likeness (QED) is 0.825. The second-order valence-corrected chi connectivity index (χ2v) is 4.79. The third-order valence-electron chi connectivity index (χ3n) is 2.88. The Morgan fingerprint density at radius 3 is 2.88 bits per heavy atom. The number of hydrogen-bond acceptors (Lipinski definition) is 2. The van der Waals surface area contributed by atoms with Crippen LogP contribution in [0.3, 0.4) is 0 Å². The molecule has 1 aromatic rings. The lowest BCUT2D eigenvalue weighted by Gasteiger charge is -2.22. The van der Waals surface area contributed by atoms with Gasteiger partial charge in [0.1, 0.15) is 0 Å². The Hall–Kier alpha value is -0.570. The van der Waals surface area contributed by atoms with Gasteiger partial charge in [-0.15, -0.1) is 0 Å². The van der Waals surface area contributed by atoms with Crippen molar-refractivity contribution in [2.75, 3.05) is 13.1 Å². The second-order valence-electron chi connectivity index (χ2n) is 4.01. The van der Waals surface area contributed by atoms with Crippen molar-refractivity contribution in [3.63, 3.8) is 0 Å². The third-order valence-corrected chi connectivity index (χ3v) is 3.70. The van der Waals surface area contributed by atoms with Crippen molar-refractivity contribution in [2.24, 2.45) is 5.92 Å². The number of halogens is 2. The number of carbonyl (C=O) groups is 1. The van der Waals surface area contributed by atoms with Gasteiger partial charge >= 0.3 is 0 Å². The van der Waals surface area contributed by atoms with E-state index in [0.717, 1.165) is 25.9 Å². The molecule has 1 aromatic carbocycles. The lowest BCUT2D eigenvalue weighted by atomic mass is 9.91. The fraction of sp³-hybridized carbons (Fsp3) is 0.417. The summed E-state index contributed by atoms with van der Waals surface area (Å²) < 4.78 is 0. The Kier molecular flexibility index (Phi) is 3.85. The van der Waals surface area contributed by atoms with Crippen LogP contribution >= 0.6 is 23.2 Å². The van der Waals surface area contributed by atoms with Gasteiger partial charge in [0.05, 0.1) is 10.0 Å². The molecule has 86 valence electrons. The first-order valence-electron chi connectivity index (χ1n) is 5.39. The summed E-state index contributed by atoms with van der Waals surface area (Å²) >= 11 is 11.9. The molecule has 0 aliphatic carbocycles. The van der Waals surface area contributed by atoms with Crippen molar-refractivity contribution in [3.8, 4) is 0 Å². The predicted octanol–water partition coefficient (Wildman–Crippen LogP) is 3.18. The van der Waals surface area contributed by atoms with Crippen LogP contribution in [0.2, 0.25) is 10.0 Å². The Bertz CT molecular complexity index is 400. The molecule has 2 rings (SSSR count). The summed E-state index contributed by atoms with van der Waals surface area (Å²) in [4.78, 5) is 12.2. The summed E-state index contributed by atoms with van der Waals surface area (Å²) in [7, 11) is 0. The molecule has 1 N–H and O–H groups in total. The molecule has 2 nitrogen and oxygen atoms in total. The van der Waals surface area contributed by atoms with Crippen LogP contribution in [0.4, 0.5) is 0 Å². The minimum Gasteiger partial charge on any atom is -0.316 e. The van der Waals surface area contributed by atoms with Gasteiger partial charge in [-0.25, -0.2) is 0 Å². The summed E-state index contributed by atoms with van der Waals surface area (Å²) in [6.45, 7) is 1.73. The molecular formula is C12H13Cl2NO. The average Bonchev–Trinajstić information content (AvgIpc) is 2.33. The molecule has 1 aliphatic heterocycles. The molecule has 4 heteroatoms. The molecule has 0 radical (unpaired) electrons. The summed E-state index contributed by atoms with van der Waals surface area (Å²) in [5.41, 5.74) is 0.544. The first-order chi connectivity index (χ1) is 7.70. The number of nitrogens with one attached hydrogen (secondary N) is 1. The zero-order valence-electron chi connectivity index (χ0n) is 8.80. The molecule has 1 aliphatic rings. The Morgan fingerprint density at radius 1 is 1.38 bits per heavy atom. The molecule has 1 unspecified atom stereocenters. The first-order valence-corrected chi connectivity index (χ1v) is 6.14. The van der Waals surface area contributed by atoms with E-state index in [9.17, 15) is 4.79 Å². The van der Waals surface area contributed by atoms with Gasteiger partial charge in [-0.1, -0.05) is 29.3 Å². The smallest absolute Gasteiger partial charge is 0.168 e. The molecule has 1 fully saturated rings. The average molecular weight is 258 g/mol. The summed E-state index contributed by atoms with van der Waals surface area (Å²) in [6.07, 6.45) is 1.96. The number of carbonyl (C=O) groups excluding carboxylic acids is 1. The molecule has 0 saturated carbocycles. The topological polar surface area (TPSA) is 29.1 Å². The van der Waals surface area contributed by atoms with Crippen LogP contribution in [0.1, 0.15) is 23.2 Å². The van der Waals surface area contributed by atoms with Crippen LogP contribution in [-0.4, -0.2) is 18.9 Å². The zero-order chi connectivity index (χ0) is 11.5. The minimum absolute atomic E-state index is 0.0321. The number of hydrogen-bond donors (Lipinski definition) is 1. The van der Waals surface area contributed by atoms with Gasteiger partial charge in [-0.05, 0) is 31.5 Å². The van der Waals surface area contributed by atoms with Gasteiger partial charge in [0.25, 0.3) is 0 Å². The molecule has 16 heavy (non-hydrogen) atoms. The molecule has 1 heterocycles. The van der Waals surface area contributed by atoms with Crippen molar-refractivity contribution in [1.29, 1.82) is 0 Å². The van der Waals surface area contributed by atoms with Gasteiger partial charge < -0.3 is 5.32 Å². The van der Waals surface area contributed by atoms with E-state index in [1.54, 1.807) is 18.2 Å². The number of rotatable bonds is 2. The van der Waals surface area contributed by atoms with Gasteiger partial charge in [0.15, 0.2) is 5.78 Å². The number of Topliss-reactive ketones (excluding diaryl/α,β-unsaturated/α-hetero) is 1. The SMILES string of the molecule is O=C(c1cccc(Cl)c1Cl)C1CCCNC1. The van der Waals surface area contributed by atoms with E-state index in [2.05, 4.69) is 5.32 Å². The lowest BCUT2D eigenvalue weighted by Crippen LogP contribution is -2.34. The van der Waals surface area contributed by atoms with Crippen LogP contribution in [0.25, 0.3) is 0 Å². The number of piperidine rings is 1. The fourth-order valence-corrected chi connectivity index (χ4v) is 2.38. The molecule has 1 saturated heterocycles. The highest BCUT2D eigenvalue weighted by molar-refractivity contribution is 6.43. The maximum Gasteiger partial charge on any atom is 0.168 e. The van der Waals surface area contributed by atoms with E-state index in [4.69, 9.17) is 23.2 Å². The van der Waals surface area contributed by atoms with Crippen molar-refractivity contribution in [2.45, 2.75) is 12.8 Å². The molecular weight excluding hydrogens is 245 g/mol. The largest absolute Gasteiger partial charge is 0.316 e. The highest BCUT2D eigenvalue weighted by Crippen LogP contribution is 2.28. The van der Waals surface area contributed by atoms with E-state index in [1.807, 2.05) is 0 Å². The summed E-state index contributed by atoms with van der Waals surface area (Å²) in [6, 6.07) is 5.20. The number of ketones is 1. The van der Waals surface area contributed by atoms with E-state index in [0.29, 0.717) is 15.6 Å². The summed E-state index contributed by atoms with van der Waals surface area (Å²) in [5, 5.41) is 4.04. The van der Waals surface area contributed by atoms with Gasteiger partial charge in [0, 0.05) is 18.0 Å². The maximum absolute atomic E-state index is 12.2. The van der Waals surface area contributed by atoms with Crippen molar-refractivity contribution in [3.05, 3.63) is 33.8 Å². The summed E-state index contributed by atoms with van der Waals surface area (Å²) in [5.74, 6) is 0.129. The normalized spacial score (nSPS) is 20.8. The van der Waals surface area contributed by atoms with Crippen molar-refractivity contribution in [1.82, 2.24) is 5.32 Å². The highest BCUT2D eigenvalue weighted by Gasteiger charge is 2.24. The van der Waals surface area contributed by atoms with Crippen LogP contribution in [0.15, 0.2) is 18.2 Å². The Labute approximate surface area is 105 Å². The Balaban J connectivity index is 2.22. The predicted molar refractivity (Wildman–Crippen MR) is 66.4 cm³/mol. The van der Waals surface area contributed by atoms with Gasteiger partial charge in [-0.2, -0.15) is 0 Å². The van der Waals surface area contributed by atoms with Crippen molar-refractivity contribution >= 4 is 29.0 Å². The standard InChI is InChI=1S/C12H13Cl2NO/c13-10-5-1-4-9(11(10)14)12(16)8-3-2-6-15-7-8/h1,4-5,8,15H,2-3,6-7H2. The molecule has 1 atom stereocenters.